The van der Waals surface area contributed by atoms with Crippen molar-refractivity contribution >= 4 is 5.91 Å². The van der Waals surface area contributed by atoms with Gasteiger partial charge in [0.05, 0.1) is 5.41 Å². The summed E-state index contributed by atoms with van der Waals surface area (Å²) in [4.78, 5) is 16.1. The molecule has 1 unspecified atom stereocenters. The Bertz CT molecular complexity index is 437. The van der Waals surface area contributed by atoms with E-state index in [4.69, 9.17) is 5.73 Å². The molecule has 1 heterocycles. The highest BCUT2D eigenvalue weighted by Crippen LogP contribution is 2.58. The molecule has 16 heavy (non-hydrogen) atoms. The summed E-state index contributed by atoms with van der Waals surface area (Å²) in [5.74, 6) is 0.144. The van der Waals surface area contributed by atoms with E-state index in [2.05, 4.69) is 11.1 Å². The predicted octanol–water partition coefficient (Wildman–Crippen LogP) is 1.77. The number of aryl methyl sites for hydroxylation is 1. The van der Waals surface area contributed by atoms with Crippen LogP contribution in [-0.4, -0.2) is 10.9 Å². The number of hydrogen-bond acceptors (Lipinski definition) is 2. The largest absolute Gasteiger partial charge is 0.369 e. The molecule has 84 valence electrons. The molecule has 0 spiro atoms. The third-order valence-corrected chi connectivity index (χ3v) is 4.14. The first kappa shape index (κ1) is 9.82. The van der Waals surface area contributed by atoms with Gasteiger partial charge in [-0.1, -0.05) is 6.07 Å². The number of rotatable bonds is 2. The summed E-state index contributed by atoms with van der Waals surface area (Å²) in [6, 6.07) is 4.11. The van der Waals surface area contributed by atoms with Crippen molar-refractivity contribution in [1.82, 2.24) is 4.98 Å². The van der Waals surface area contributed by atoms with Crippen molar-refractivity contribution in [2.45, 2.75) is 38.0 Å². The Morgan fingerprint density at radius 1 is 1.50 bits per heavy atom. The number of primary amides is 1. The number of pyridine rings is 1. The molecule has 0 bridgehead atoms. The molecule has 0 aliphatic heterocycles. The number of fused-ring (bicyclic) bond motifs is 1. The molecule has 1 amide bonds. The van der Waals surface area contributed by atoms with E-state index in [1.54, 1.807) is 0 Å². The number of amides is 1. The number of aromatic nitrogens is 1. The molecular weight excluding hydrogens is 200 g/mol. The predicted molar refractivity (Wildman–Crippen MR) is 60.8 cm³/mol. The van der Waals surface area contributed by atoms with Crippen LogP contribution in [0.1, 0.15) is 42.9 Å². The van der Waals surface area contributed by atoms with Crippen LogP contribution >= 0.6 is 0 Å². The normalized spacial score (nSPS) is 25.9. The lowest BCUT2D eigenvalue weighted by Gasteiger charge is -2.29. The minimum atomic E-state index is -0.260. The molecule has 0 saturated heterocycles. The molecule has 0 radical (unpaired) electrons. The number of carbonyl (C=O) groups is 1. The van der Waals surface area contributed by atoms with Crippen molar-refractivity contribution < 1.29 is 4.79 Å². The number of hydrogen-bond donors (Lipinski definition) is 1. The molecule has 3 rings (SSSR count). The molecule has 3 nitrogen and oxygen atoms in total. The third kappa shape index (κ3) is 1.27. The quantitative estimate of drug-likeness (QED) is 0.819. The summed E-state index contributed by atoms with van der Waals surface area (Å²) in [6.45, 7) is 0. The molecule has 2 N–H and O–H groups in total. The SMILES string of the molecule is NC(=O)C1(C2CCCc3cccnc32)CC1. The third-order valence-electron chi connectivity index (χ3n) is 4.14. The van der Waals surface area contributed by atoms with Crippen LogP contribution in [0.3, 0.4) is 0 Å². The van der Waals surface area contributed by atoms with Gasteiger partial charge in [0.2, 0.25) is 5.91 Å². The summed E-state index contributed by atoms with van der Waals surface area (Å²) < 4.78 is 0. The Hall–Kier alpha value is -1.38. The smallest absolute Gasteiger partial charge is 0.224 e. The molecule has 3 heteroatoms. The zero-order chi connectivity index (χ0) is 11.2. The first-order valence-electron chi connectivity index (χ1n) is 5.98. The maximum absolute atomic E-state index is 11.6. The van der Waals surface area contributed by atoms with Gasteiger partial charge >= 0.3 is 0 Å². The van der Waals surface area contributed by atoms with Gasteiger partial charge in [0.25, 0.3) is 0 Å². The van der Waals surface area contributed by atoms with Crippen molar-refractivity contribution in [2.75, 3.05) is 0 Å². The van der Waals surface area contributed by atoms with E-state index in [0.717, 1.165) is 37.8 Å². The Labute approximate surface area is 95.1 Å². The lowest BCUT2D eigenvalue weighted by molar-refractivity contribution is -0.124. The summed E-state index contributed by atoms with van der Waals surface area (Å²) in [5, 5.41) is 0. The average molecular weight is 216 g/mol. The number of nitrogens with two attached hydrogens (primary N) is 1. The van der Waals surface area contributed by atoms with Crippen LogP contribution in [0.5, 0.6) is 0 Å². The van der Waals surface area contributed by atoms with Crippen molar-refractivity contribution in [3.8, 4) is 0 Å². The summed E-state index contributed by atoms with van der Waals surface area (Å²) in [6.07, 6.45) is 7.03. The van der Waals surface area contributed by atoms with E-state index in [1.807, 2.05) is 12.3 Å². The van der Waals surface area contributed by atoms with Crippen LogP contribution in [0.2, 0.25) is 0 Å². The van der Waals surface area contributed by atoms with Gasteiger partial charge in [-0.3, -0.25) is 9.78 Å². The maximum Gasteiger partial charge on any atom is 0.224 e. The lowest BCUT2D eigenvalue weighted by atomic mass is 9.76. The van der Waals surface area contributed by atoms with E-state index in [0.29, 0.717) is 0 Å². The molecule has 2 aliphatic carbocycles. The molecule has 1 saturated carbocycles. The first-order chi connectivity index (χ1) is 7.74. The fraction of sp³-hybridized carbons (Fsp3) is 0.538. The highest BCUT2D eigenvalue weighted by molar-refractivity contribution is 5.85. The van der Waals surface area contributed by atoms with Crippen LogP contribution < -0.4 is 5.73 Å². The lowest BCUT2D eigenvalue weighted by Crippen LogP contribution is -2.33. The molecular formula is C13H16N2O. The molecule has 0 aromatic carbocycles. The van der Waals surface area contributed by atoms with Gasteiger partial charge in [-0.15, -0.1) is 0 Å². The second kappa shape index (κ2) is 3.30. The van der Waals surface area contributed by atoms with Crippen molar-refractivity contribution in [3.05, 3.63) is 29.6 Å². The summed E-state index contributed by atoms with van der Waals surface area (Å²) >= 11 is 0. The maximum atomic E-state index is 11.6. The second-order valence-electron chi connectivity index (χ2n) is 5.01. The van der Waals surface area contributed by atoms with E-state index in [-0.39, 0.29) is 17.2 Å². The number of nitrogens with zero attached hydrogens (tertiary/aromatic N) is 1. The molecule has 1 fully saturated rings. The van der Waals surface area contributed by atoms with Crippen molar-refractivity contribution in [2.24, 2.45) is 11.1 Å². The van der Waals surface area contributed by atoms with E-state index < -0.39 is 0 Å². The minimum absolute atomic E-state index is 0.129. The fourth-order valence-electron chi connectivity index (χ4n) is 3.05. The van der Waals surface area contributed by atoms with Crippen molar-refractivity contribution in [1.29, 1.82) is 0 Å². The Kier molecular flexibility index (Phi) is 2.03. The van der Waals surface area contributed by atoms with Crippen molar-refractivity contribution in [3.63, 3.8) is 0 Å². The Balaban J connectivity index is 2.02. The van der Waals surface area contributed by atoms with Gasteiger partial charge in [-0.25, -0.2) is 0 Å². The van der Waals surface area contributed by atoms with Gasteiger partial charge < -0.3 is 5.73 Å². The monoisotopic (exact) mass is 216 g/mol. The topological polar surface area (TPSA) is 56.0 Å². The molecule has 1 aromatic rings. The average Bonchev–Trinajstić information content (AvgIpc) is 3.09. The zero-order valence-corrected chi connectivity index (χ0v) is 9.28. The zero-order valence-electron chi connectivity index (χ0n) is 9.28. The van der Waals surface area contributed by atoms with Gasteiger partial charge in [0, 0.05) is 17.8 Å². The van der Waals surface area contributed by atoms with E-state index in [9.17, 15) is 4.79 Å². The second-order valence-corrected chi connectivity index (χ2v) is 5.01. The first-order valence-corrected chi connectivity index (χ1v) is 5.98. The van der Waals surface area contributed by atoms with Crippen LogP contribution in [-0.2, 0) is 11.2 Å². The Morgan fingerprint density at radius 3 is 3.00 bits per heavy atom. The van der Waals surface area contributed by atoms with Gasteiger partial charge in [-0.2, -0.15) is 0 Å². The number of carbonyl (C=O) groups excluding carboxylic acids is 1. The highest BCUT2D eigenvalue weighted by Gasteiger charge is 2.55. The van der Waals surface area contributed by atoms with Crippen LogP contribution in [0.15, 0.2) is 18.3 Å². The summed E-state index contributed by atoms with van der Waals surface area (Å²) in [7, 11) is 0. The highest BCUT2D eigenvalue weighted by atomic mass is 16.1. The fourth-order valence-corrected chi connectivity index (χ4v) is 3.05. The summed E-state index contributed by atoms with van der Waals surface area (Å²) in [5.41, 5.74) is 7.73. The minimum Gasteiger partial charge on any atom is -0.369 e. The van der Waals surface area contributed by atoms with Crippen LogP contribution in [0.25, 0.3) is 0 Å². The molecule has 2 aliphatic rings. The van der Waals surface area contributed by atoms with Crippen LogP contribution in [0, 0.1) is 5.41 Å². The van der Waals surface area contributed by atoms with E-state index in [1.165, 1.54) is 5.56 Å². The molecule has 1 aromatic heterocycles. The molecule has 1 atom stereocenters. The van der Waals surface area contributed by atoms with Gasteiger partial charge in [0.15, 0.2) is 0 Å². The van der Waals surface area contributed by atoms with Gasteiger partial charge in [0.1, 0.15) is 0 Å². The van der Waals surface area contributed by atoms with Crippen LogP contribution in [0.4, 0.5) is 0 Å². The Morgan fingerprint density at radius 2 is 2.31 bits per heavy atom. The standard InChI is InChI=1S/C13H16N2O/c14-12(16)13(6-7-13)10-5-1-3-9-4-2-8-15-11(9)10/h2,4,8,10H,1,3,5-7H2,(H2,14,16). The van der Waals surface area contributed by atoms with Gasteiger partial charge in [-0.05, 0) is 43.7 Å². The van der Waals surface area contributed by atoms with E-state index >= 15 is 0 Å².